The van der Waals surface area contributed by atoms with Crippen molar-refractivity contribution in [2.24, 2.45) is 5.92 Å². The first kappa shape index (κ1) is 19.7. The Morgan fingerprint density at radius 1 is 1.07 bits per heavy atom. The number of rotatable bonds is 5. The van der Waals surface area contributed by atoms with E-state index in [1.165, 1.54) is 0 Å². The van der Waals surface area contributed by atoms with Crippen LogP contribution in [0.2, 0.25) is 0 Å². The van der Waals surface area contributed by atoms with Crippen LogP contribution in [0.5, 0.6) is 0 Å². The summed E-state index contributed by atoms with van der Waals surface area (Å²) in [5, 5.41) is 5.91. The highest BCUT2D eigenvalue weighted by molar-refractivity contribution is 5.90. The van der Waals surface area contributed by atoms with Gasteiger partial charge in [-0.05, 0) is 42.7 Å². The molecule has 0 spiro atoms. The van der Waals surface area contributed by atoms with Crippen LogP contribution in [0, 0.1) is 5.92 Å². The zero-order valence-electron chi connectivity index (χ0n) is 16.5. The molecule has 0 aromatic heterocycles. The van der Waals surface area contributed by atoms with Gasteiger partial charge in [0, 0.05) is 45.1 Å². The highest BCUT2D eigenvalue weighted by atomic mass is 16.2. The Morgan fingerprint density at radius 3 is 2.46 bits per heavy atom. The summed E-state index contributed by atoms with van der Waals surface area (Å²) >= 11 is 0. The molecule has 1 fully saturated rings. The minimum absolute atomic E-state index is 0.00824. The summed E-state index contributed by atoms with van der Waals surface area (Å²) in [5.74, 6) is -0.162. The molecule has 0 bridgehead atoms. The molecule has 1 saturated heterocycles. The number of anilines is 2. The molecule has 1 unspecified atom stereocenters. The van der Waals surface area contributed by atoms with Crippen LogP contribution >= 0.6 is 0 Å². The van der Waals surface area contributed by atoms with E-state index in [4.69, 9.17) is 0 Å². The number of hydrogen-bond donors (Lipinski definition) is 2. The van der Waals surface area contributed by atoms with Crippen molar-refractivity contribution >= 4 is 23.3 Å². The molecule has 3 amide bonds. The van der Waals surface area contributed by atoms with E-state index in [0.29, 0.717) is 19.6 Å². The second kappa shape index (κ2) is 9.26. The number of para-hydroxylation sites is 1. The zero-order valence-corrected chi connectivity index (χ0v) is 16.5. The third-order valence-electron chi connectivity index (χ3n) is 5.02. The van der Waals surface area contributed by atoms with Crippen molar-refractivity contribution in [3.63, 3.8) is 0 Å². The number of hydrogen-bond acceptors (Lipinski definition) is 3. The third-order valence-corrected chi connectivity index (χ3v) is 5.02. The number of urea groups is 1. The first-order valence-electron chi connectivity index (χ1n) is 9.68. The minimum Gasteiger partial charge on any atom is -0.378 e. The van der Waals surface area contributed by atoms with Gasteiger partial charge in [-0.25, -0.2) is 4.79 Å². The second-order valence-electron chi connectivity index (χ2n) is 7.36. The van der Waals surface area contributed by atoms with Gasteiger partial charge in [-0.1, -0.05) is 30.3 Å². The highest BCUT2D eigenvalue weighted by Crippen LogP contribution is 2.19. The smallest absolute Gasteiger partial charge is 0.321 e. The Morgan fingerprint density at radius 2 is 1.79 bits per heavy atom. The topological polar surface area (TPSA) is 64.7 Å². The zero-order chi connectivity index (χ0) is 19.9. The van der Waals surface area contributed by atoms with Crippen molar-refractivity contribution in [2.45, 2.75) is 19.4 Å². The molecule has 1 aliphatic rings. The van der Waals surface area contributed by atoms with Crippen LogP contribution in [0.15, 0.2) is 54.6 Å². The predicted molar refractivity (Wildman–Crippen MR) is 112 cm³/mol. The number of carbonyl (C=O) groups is 2. The monoisotopic (exact) mass is 380 g/mol. The summed E-state index contributed by atoms with van der Waals surface area (Å²) in [4.78, 5) is 28.8. The lowest BCUT2D eigenvalue weighted by Gasteiger charge is -2.32. The lowest BCUT2D eigenvalue weighted by Crippen LogP contribution is -2.46. The van der Waals surface area contributed by atoms with Gasteiger partial charge in [0.1, 0.15) is 0 Å². The van der Waals surface area contributed by atoms with Gasteiger partial charge >= 0.3 is 6.03 Å². The van der Waals surface area contributed by atoms with Gasteiger partial charge in [0.2, 0.25) is 5.91 Å². The van der Waals surface area contributed by atoms with Crippen LogP contribution in [0.4, 0.5) is 16.2 Å². The van der Waals surface area contributed by atoms with Gasteiger partial charge in [-0.3, -0.25) is 4.79 Å². The van der Waals surface area contributed by atoms with E-state index in [1.54, 1.807) is 4.90 Å². The Balaban J connectivity index is 1.50. The fourth-order valence-corrected chi connectivity index (χ4v) is 3.35. The van der Waals surface area contributed by atoms with E-state index < -0.39 is 0 Å². The average Bonchev–Trinajstić information content (AvgIpc) is 2.73. The van der Waals surface area contributed by atoms with E-state index in [1.807, 2.05) is 73.6 Å². The molecule has 148 valence electrons. The standard InChI is InChI=1S/C22H28N4O2/c1-25(2)20-12-10-17(11-13-20)15-23-21(27)18-7-6-14-26(16-18)22(28)24-19-8-4-3-5-9-19/h3-5,8-13,18H,6-7,14-16H2,1-2H3,(H,23,27)(H,24,28). The number of nitrogens with zero attached hydrogens (tertiary/aromatic N) is 2. The fourth-order valence-electron chi connectivity index (χ4n) is 3.35. The number of benzene rings is 2. The van der Waals surface area contributed by atoms with E-state index in [2.05, 4.69) is 10.6 Å². The summed E-state index contributed by atoms with van der Waals surface area (Å²) in [6.07, 6.45) is 1.64. The van der Waals surface area contributed by atoms with Crippen LogP contribution in [0.3, 0.4) is 0 Å². The summed E-state index contributed by atoms with van der Waals surface area (Å²) in [7, 11) is 4.00. The Labute approximate surface area is 166 Å². The highest BCUT2D eigenvalue weighted by Gasteiger charge is 2.28. The maximum Gasteiger partial charge on any atom is 0.321 e. The van der Waals surface area contributed by atoms with E-state index in [9.17, 15) is 9.59 Å². The molecule has 0 saturated carbocycles. The SMILES string of the molecule is CN(C)c1ccc(CNC(=O)C2CCCN(C(=O)Nc3ccccc3)C2)cc1. The molecule has 2 N–H and O–H groups in total. The normalized spacial score (nSPS) is 16.4. The Bertz CT molecular complexity index is 790. The maximum absolute atomic E-state index is 12.6. The lowest BCUT2D eigenvalue weighted by atomic mass is 9.97. The van der Waals surface area contributed by atoms with Gasteiger partial charge in [-0.15, -0.1) is 0 Å². The number of piperidine rings is 1. The van der Waals surface area contributed by atoms with E-state index in [-0.39, 0.29) is 17.9 Å². The van der Waals surface area contributed by atoms with Gasteiger partial charge < -0.3 is 20.4 Å². The van der Waals surface area contributed by atoms with Crippen molar-refractivity contribution < 1.29 is 9.59 Å². The van der Waals surface area contributed by atoms with Crippen molar-refractivity contribution in [3.8, 4) is 0 Å². The van der Waals surface area contributed by atoms with Gasteiger partial charge in [0.05, 0.1) is 5.92 Å². The quantitative estimate of drug-likeness (QED) is 0.836. The van der Waals surface area contributed by atoms with Crippen LogP contribution in [-0.2, 0) is 11.3 Å². The molecule has 6 nitrogen and oxygen atoms in total. The van der Waals surface area contributed by atoms with E-state index >= 15 is 0 Å². The molecule has 2 aromatic carbocycles. The third kappa shape index (κ3) is 5.25. The summed E-state index contributed by atoms with van der Waals surface area (Å²) in [6, 6.07) is 17.4. The predicted octanol–water partition coefficient (Wildman–Crippen LogP) is 3.31. The van der Waals surface area contributed by atoms with Crippen LogP contribution in [0.25, 0.3) is 0 Å². The van der Waals surface area contributed by atoms with Crippen molar-refractivity contribution in [3.05, 3.63) is 60.2 Å². The molecule has 0 radical (unpaired) electrons. The van der Waals surface area contributed by atoms with Gasteiger partial charge in [-0.2, -0.15) is 0 Å². The summed E-state index contributed by atoms with van der Waals surface area (Å²) in [6.45, 7) is 1.62. The average molecular weight is 380 g/mol. The number of likely N-dealkylation sites (tertiary alicyclic amines) is 1. The molecule has 2 aromatic rings. The Hall–Kier alpha value is -3.02. The first-order chi connectivity index (χ1) is 13.5. The molecule has 1 heterocycles. The van der Waals surface area contributed by atoms with Crippen LogP contribution in [-0.4, -0.2) is 44.0 Å². The van der Waals surface area contributed by atoms with Crippen molar-refractivity contribution in [2.75, 3.05) is 37.4 Å². The molecular formula is C22H28N4O2. The van der Waals surface area contributed by atoms with Crippen LogP contribution < -0.4 is 15.5 Å². The van der Waals surface area contributed by atoms with Crippen molar-refractivity contribution in [1.82, 2.24) is 10.2 Å². The molecule has 1 aliphatic heterocycles. The summed E-state index contributed by atoms with van der Waals surface area (Å²) in [5.41, 5.74) is 2.95. The maximum atomic E-state index is 12.6. The fraction of sp³-hybridized carbons (Fsp3) is 0.364. The number of nitrogens with one attached hydrogen (secondary N) is 2. The minimum atomic E-state index is -0.170. The van der Waals surface area contributed by atoms with E-state index in [0.717, 1.165) is 29.8 Å². The number of carbonyl (C=O) groups excluding carboxylic acids is 2. The molecule has 0 aliphatic carbocycles. The van der Waals surface area contributed by atoms with Crippen molar-refractivity contribution in [1.29, 1.82) is 0 Å². The lowest BCUT2D eigenvalue weighted by molar-refractivity contribution is -0.126. The Kier molecular flexibility index (Phi) is 6.53. The van der Waals surface area contributed by atoms with Crippen LogP contribution in [0.1, 0.15) is 18.4 Å². The summed E-state index contributed by atoms with van der Waals surface area (Å²) < 4.78 is 0. The largest absolute Gasteiger partial charge is 0.378 e. The van der Waals surface area contributed by atoms with Gasteiger partial charge in [0.25, 0.3) is 0 Å². The molecule has 28 heavy (non-hydrogen) atoms. The molecule has 3 rings (SSSR count). The molecule has 6 heteroatoms. The number of amides is 3. The van der Waals surface area contributed by atoms with Gasteiger partial charge in [0.15, 0.2) is 0 Å². The first-order valence-corrected chi connectivity index (χ1v) is 9.68. The second-order valence-corrected chi connectivity index (χ2v) is 7.36. The molecule has 1 atom stereocenters. The molecular weight excluding hydrogens is 352 g/mol.